The third kappa shape index (κ3) is 1.94. The highest BCUT2D eigenvalue weighted by Gasteiger charge is 2.36. The van der Waals surface area contributed by atoms with Gasteiger partial charge in [0.2, 0.25) is 0 Å². The van der Waals surface area contributed by atoms with Crippen LogP contribution in [0.15, 0.2) is 0 Å². The predicted octanol–water partition coefficient (Wildman–Crippen LogP) is 1.98. The van der Waals surface area contributed by atoms with Crippen LogP contribution in [0.25, 0.3) is 0 Å². The summed E-state index contributed by atoms with van der Waals surface area (Å²) in [5.41, 5.74) is -0.105. The van der Waals surface area contributed by atoms with Gasteiger partial charge >= 0.3 is 0 Å². The molecular weight excluding hydrogens is 140 g/mol. The summed E-state index contributed by atoms with van der Waals surface area (Å²) in [4.78, 5) is 0. The number of rotatable bonds is 1. The number of hydrogen-bond donors (Lipinski definition) is 0. The van der Waals surface area contributed by atoms with Crippen molar-refractivity contribution in [3.63, 3.8) is 0 Å². The first-order chi connectivity index (χ1) is 5.06. The van der Waals surface area contributed by atoms with E-state index >= 15 is 0 Å². The van der Waals surface area contributed by atoms with E-state index in [1.54, 1.807) is 7.11 Å². The standard InChI is InChI=1S/C9H18O2/c1-7-5-6-8(10-4)9(2,3)11-7/h7-8H,5-6H2,1-4H3/t7?,8-/m0/s1. The quantitative estimate of drug-likeness (QED) is 0.581. The molecule has 1 saturated heterocycles. The van der Waals surface area contributed by atoms with Crippen molar-refractivity contribution >= 4 is 0 Å². The van der Waals surface area contributed by atoms with Crippen molar-refractivity contribution in [1.29, 1.82) is 0 Å². The zero-order chi connectivity index (χ0) is 8.48. The number of ether oxygens (including phenoxy) is 2. The average molecular weight is 158 g/mol. The van der Waals surface area contributed by atoms with Crippen molar-refractivity contribution in [2.45, 2.75) is 51.4 Å². The third-order valence-corrected chi connectivity index (χ3v) is 2.40. The monoisotopic (exact) mass is 158 g/mol. The minimum atomic E-state index is -0.105. The van der Waals surface area contributed by atoms with Crippen LogP contribution < -0.4 is 0 Å². The molecule has 1 aliphatic heterocycles. The van der Waals surface area contributed by atoms with Gasteiger partial charge < -0.3 is 9.47 Å². The fourth-order valence-corrected chi connectivity index (χ4v) is 1.79. The van der Waals surface area contributed by atoms with Crippen LogP contribution in [0.2, 0.25) is 0 Å². The van der Waals surface area contributed by atoms with Crippen LogP contribution >= 0.6 is 0 Å². The maximum atomic E-state index is 5.75. The van der Waals surface area contributed by atoms with E-state index in [0.717, 1.165) is 12.8 Å². The van der Waals surface area contributed by atoms with Gasteiger partial charge in [-0.2, -0.15) is 0 Å². The Morgan fingerprint density at radius 1 is 1.36 bits per heavy atom. The first-order valence-electron chi connectivity index (χ1n) is 4.27. The second-order valence-electron chi connectivity index (χ2n) is 3.83. The van der Waals surface area contributed by atoms with E-state index in [4.69, 9.17) is 9.47 Å². The normalized spacial score (nSPS) is 37.1. The van der Waals surface area contributed by atoms with Gasteiger partial charge in [-0.25, -0.2) is 0 Å². The van der Waals surface area contributed by atoms with Crippen molar-refractivity contribution in [3.8, 4) is 0 Å². The molecule has 0 spiro atoms. The Morgan fingerprint density at radius 3 is 2.45 bits per heavy atom. The van der Waals surface area contributed by atoms with Crippen LogP contribution in [0, 0.1) is 0 Å². The fraction of sp³-hybridized carbons (Fsp3) is 1.00. The van der Waals surface area contributed by atoms with Crippen molar-refractivity contribution in [3.05, 3.63) is 0 Å². The second-order valence-corrected chi connectivity index (χ2v) is 3.83. The highest BCUT2D eigenvalue weighted by molar-refractivity contribution is 4.85. The topological polar surface area (TPSA) is 18.5 Å². The van der Waals surface area contributed by atoms with Crippen LogP contribution in [0.1, 0.15) is 33.6 Å². The Balaban J connectivity index is 2.56. The summed E-state index contributed by atoms with van der Waals surface area (Å²) in [5, 5.41) is 0. The molecule has 0 aliphatic carbocycles. The molecule has 0 bridgehead atoms. The van der Waals surface area contributed by atoms with Gasteiger partial charge in [0.25, 0.3) is 0 Å². The van der Waals surface area contributed by atoms with Crippen LogP contribution in [-0.2, 0) is 9.47 Å². The van der Waals surface area contributed by atoms with Gasteiger partial charge in [0.1, 0.15) is 0 Å². The molecule has 0 radical (unpaired) electrons. The summed E-state index contributed by atoms with van der Waals surface area (Å²) in [7, 11) is 1.76. The summed E-state index contributed by atoms with van der Waals surface area (Å²) in [6, 6.07) is 0. The minimum absolute atomic E-state index is 0.105. The van der Waals surface area contributed by atoms with Crippen LogP contribution in [0.5, 0.6) is 0 Å². The van der Waals surface area contributed by atoms with Gasteiger partial charge in [-0.3, -0.25) is 0 Å². The van der Waals surface area contributed by atoms with E-state index in [2.05, 4.69) is 20.8 Å². The lowest BCUT2D eigenvalue weighted by Gasteiger charge is -2.40. The Labute approximate surface area is 68.9 Å². The molecule has 1 unspecified atom stereocenters. The van der Waals surface area contributed by atoms with E-state index in [9.17, 15) is 0 Å². The summed E-state index contributed by atoms with van der Waals surface area (Å²) < 4.78 is 11.1. The van der Waals surface area contributed by atoms with E-state index in [0.29, 0.717) is 6.10 Å². The molecule has 1 heterocycles. The SMILES string of the molecule is CO[C@H]1CCC(C)OC1(C)C. The number of methoxy groups -OCH3 is 1. The van der Waals surface area contributed by atoms with Gasteiger partial charge in [-0.05, 0) is 33.6 Å². The van der Waals surface area contributed by atoms with E-state index in [1.807, 2.05) is 0 Å². The van der Waals surface area contributed by atoms with E-state index in [-0.39, 0.29) is 11.7 Å². The zero-order valence-electron chi connectivity index (χ0n) is 7.89. The average Bonchev–Trinajstić information content (AvgIpc) is 1.85. The van der Waals surface area contributed by atoms with E-state index < -0.39 is 0 Å². The van der Waals surface area contributed by atoms with Gasteiger partial charge in [0.15, 0.2) is 0 Å². The van der Waals surface area contributed by atoms with Crippen molar-refractivity contribution in [2.75, 3.05) is 7.11 Å². The molecule has 2 atom stereocenters. The molecule has 1 fully saturated rings. The molecule has 2 nitrogen and oxygen atoms in total. The maximum Gasteiger partial charge on any atom is 0.0890 e. The lowest BCUT2D eigenvalue weighted by Crippen LogP contribution is -2.46. The minimum Gasteiger partial charge on any atom is -0.378 e. The summed E-state index contributed by atoms with van der Waals surface area (Å²) >= 11 is 0. The number of hydrogen-bond acceptors (Lipinski definition) is 2. The van der Waals surface area contributed by atoms with Crippen molar-refractivity contribution in [2.24, 2.45) is 0 Å². The van der Waals surface area contributed by atoms with Gasteiger partial charge in [0, 0.05) is 7.11 Å². The van der Waals surface area contributed by atoms with Gasteiger partial charge in [-0.15, -0.1) is 0 Å². The molecule has 0 N–H and O–H groups in total. The zero-order valence-corrected chi connectivity index (χ0v) is 7.89. The van der Waals surface area contributed by atoms with Gasteiger partial charge in [0.05, 0.1) is 17.8 Å². The Hall–Kier alpha value is -0.0800. The molecule has 66 valence electrons. The predicted molar refractivity (Wildman–Crippen MR) is 44.7 cm³/mol. The first-order valence-corrected chi connectivity index (χ1v) is 4.27. The molecular formula is C9H18O2. The lowest BCUT2D eigenvalue weighted by molar-refractivity contribution is -0.174. The summed E-state index contributed by atoms with van der Waals surface area (Å²) in [6.07, 6.45) is 2.88. The Morgan fingerprint density at radius 2 is 2.00 bits per heavy atom. The third-order valence-electron chi connectivity index (χ3n) is 2.40. The molecule has 0 amide bonds. The van der Waals surface area contributed by atoms with Crippen LogP contribution in [-0.4, -0.2) is 24.9 Å². The first kappa shape index (κ1) is 9.01. The largest absolute Gasteiger partial charge is 0.378 e. The van der Waals surface area contributed by atoms with E-state index in [1.165, 1.54) is 0 Å². The fourth-order valence-electron chi connectivity index (χ4n) is 1.79. The molecule has 0 aromatic rings. The second kappa shape index (κ2) is 3.11. The summed E-state index contributed by atoms with van der Waals surface area (Å²) in [5.74, 6) is 0. The molecule has 1 aliphatic rings. The molecule has 0 saturated carbocycles. The van der Waals surface area contributed by atoms with Crippen molar-refractivity contribution < 1.29 is 9.47 Å². The Bertz CT molecular complexity index is 132. The summed E-state index contributed by atoms with van der Waals surface area (Å²) in [6.45, 7) is 6.31. The van der Waals surface area contributed by atoms with Crippen LogP contribution in [0.3, 0.4) is 0 Å². The molecule has 0 aromatic carbocycles. The van der Waals surface area contributed by atoms with Gasteiger partial charge in [-0.1, -0.05) is 0 Å². The highest BCUT2D eigenvalue weighted by Crippen LogP contribution is 2.29. The molecule has 1 rings (SSSR count). The van der Waals surface area contributed by atoms with Crippen LogP contribution in [0.4, 0.5) is 0 Å². The van der Waals surface area contributed by atoms with Crippen molar-refractivity contribution in [1.82, 2.24) is 0 Å². The lowest BCUT2D eigenvalue weighted by atomic mass is 9.92. The molecule has 2 heteroatoms. The highest BCUT2D eigenvalue weighted by atomic mass is 16.6. The Kier molecular flexibility index (Phi) is 2.55. The molecule has 0 aromatic heterocycles. The maximum absolute atomic E-state index is 5.75. The molecule has 11 heavy (non-hydrogen) atoms. The smallest absolute Gasteiger partial charge is 0.0890 e.